The summed E-state index contributed by atoms with van der Waals surface area (Å²) in [6.07, 6.45) is -0.280. The first-order chi connectivity index (χ1) is 15.6. The fourth-order valence-electron chi connectivity index (χ4n) is 4.45. The molecule has 0 N–H and O–H groups in total. The summed E-state index contributed by atoms with van der Waals surface area (Å²) in [7, 11) is -5.67. The van der Waals surface area contributed by atoms with Crippen LogP contribution in [0, 0.1) is 0 Å². The van der Waals surface area contributed by atoms with E-state index < -0.39 is 20.2 Å². The molecule has 2 saturated heterocycles. The molecule has 2 heterocycles. The molecule has 9 nitrogen and oxygen atoms in total. The van der Waals surface area contributed by atoms with Gasteiger partial charge in [0.2, 0.25) is 10.0 Å². The number of sulfonamides is 1. The molecule has 2 aliphatic heterocycles. The number of piperazine rings is 1. The molecular formula is C22H32N4O5S2. The molecule has 2 atom stereocenters. The monoisotopic (exact) mass is 496 g/mol. The lowest BCUT2D eigenvalue weighted by molar-refractivity contribution is -0.0458. The summed E-state index contributed by atoms with van der Waals surface area (Å²) in [4.78, 5) is 2.22. The van der Waals surface area contributed by atoms with Gasteiger partial charge < -0.3 is 4.74 Å². The van der Waals surface area contributed by atoms with Crippen molar-refractivity contribution in [3.63, 3.8) is 0 Å². The van der Waals surface area contributed by atoms with Crippen molar-refractivity contribution in [3.8, 4) is 0 Å². The molecule has 2 aromatic rings. The van der Waals surface area contributed by atoms with Crippen molar-refractivity contribution in [1.82, 2.24) is 17.8 Å². The summed E-state index contributed by atoms with van der Waals surface area (Å²) in [5.41, 5.74) is 0. The Morgan fingerprint density at radius 1 is 0.879 bits per heavy atom. The van der Waals surface area contributed by atoms with Crippen LogP contribution in [0.2, 0.25) is 0 Å². The van der Waals surface area contributed by atoms with Gasteiger partial charge in [-0.25, -0.2) is 8.42 Å². The Balaban J connectivity index is 1.38. The number of hydrogen-bond donors (Lipinski definition) is 0. The molecule has 0 aromatic heterocycles. The van der Waals surface area contributed by atoms with E-state index in [4.69, 9.17) is 4.74 Å². The van der Waals surface area contributed by atoms with Crippen molar-refractivity contribution < 1.29 is 21.6 Å². The number of fused-ring (bicyclic) bond motifs is 1. The first kappa shape index (κ1) is 24.5. The molecule has 33 heavy (non-hydrogen) atoms. The lowest BCUT2D eigenvalue weighted by Crippen LogP contribution is -2.57. The van der Waals surface area contributed by atoms with Gasteiger partial charge in [0.1, 0.15) is 0 Å². The minimum absolute atomic E-state index is 0.140. The highest BCUT2D eigenvalue weighted by molar-refractivity contribution is 7.89. The molecule has 0 amide bonds. The molecule has 2 fully saturated rings. The first-order valence-electron chi connectivity index (χ1n) is 11.2. The SMILES string of the molecule is CC1CN(S(=O)(=O)N2CCN(CN(C)S(=O)(=O)c3ccc4ccccc4c3)CC2)CC(C)O1. The summed E-state index contributed by atoms with van der Waals surface area (Å²) in [5.74, 6) is 0. The molecule has 0 saturated carbocycles. The fourth-order valence-corrected chi connectivity index (χ4v) is 7.39. The van der Waals surface area contributed by atoms with Crippen molar-refractivity contribution in [2.75, 3.05) is 53.0 Å². The Morgan fingerprint density at radius 2 is 1.48 bits per heavy atom. The second-order valence-corrected chi connectivity index (χ2v) is 12.8. The lowest BCUT2D eigenvalue weighted by atomic mass is 10.1. The Kier molecular flexibility index (Phi) is 7.11. The second kappa shape index (κ2) is 9.57. The average molecular weight is 497 g/mol. The summed E-state index contributed by atoms with van der Waals surface area (Å²) < 4.78 is 62.4. The second-order valence-electron chi connectivity index (χ2n) is 8.85. The summed E-state index contributed by atoms with van der Waals surface area (Å²) in [6, 6.07) is 12.8. The quantitative estimate of drug-likeness (QED) is 0.600. The van der Waals surface area contributed by atoms with Crippen LogP contribution < -0.4 is 0 Å². The maximum Gasteiger partial charge on any atom is 0.282 e. The molecule has 0 spiro atoms. The molecule has 0 bridgehead atoms. The van der Waals surface area contributed by atoms with Gasteiger partial charge in [-0.3, -0.25) is 4.90 Å². The maximum atomic E-state index is 13.1. The molecule has 11 heteroatoms. The highest BCUT2D eigenvalue weighted by atomic mass is 32.2. The van der Waals surface area contributed by atoms with Crippen LogP contribution in [-0.2, 0) is 25.0 Å². The average Bonchev–Trinajstić information content (AvgIpc) is 2.78. The number of ether oxygens (including phenoxy) is 1. The van der Waals surface area contributed by atoms with Crippen LogP contribution in [0.5, 0.6) is 0 Å². The van der Waals surface area contributed by atoms with Crippen LogP contribution in [0.4, 0.5) is 0 Å². The van der Waals surface area contributed by atoms with Crippen LogP contribution in [0.15, 0.2) is 47.4 Å². The Morgan fingerprint density at radius 3 is 2.12 bits per heavy atom. The van der Waals surface area contributed by atoms with E-state index in [1.54, 1.807) is 19.2 Å². The first-order valence-corrected chi connectivity index (χ1v) is 14.0. The predicted octanol–water partition coefficient (Wildman–Crippen LogP) is 1.39. The lowest BCUT2D eigenvalue weighted by Gasteiger charge is -2.40. The van der Waals surface area contributed by atoms with Gasteiger partial charge in [0.25, 0.3) is 10.2 Å². The zero-order valence-corrected chi connectivity index (χ0v) is 20.9. The van der Waals surface area contributed by atoms with E-state index in [2.05, 4.69) is 0 Å². The van der Waals surface area contributed by atoms with E-state index in [1.165, 1.54) is 12.9 Å². The van der Waals surface area contributed by atoms with E-state index in [0.717, 1.165) is 10.8 Å². The highest BCUT2D eigenvalue weighted by Crippen LogP contribution is 2.22. The molecular weight excluding hydrogens is 464 g/mol. The third kappa shape index (κ3) is 5.24. The predicted molar refractivity (Wildman–Crippen MR) is 127 cm³/mol. The Bertz CT molecular complexity index is 1190. The third-order valence-corrected chi connectivity index (χ3v) is 9.95. The number of morpholine rings is 1. The molecule has 2 unspecified atom stereocenters. The van der Waals surface area contributed by atoms with Crippen LogP contribution >= 0.6 is 0 Å². The molecule has 2 aliphatic rings. The summed E-state index contributed by atoms with van der Waals surface area (Å²) in [6.45, 7) is 6.23. The number of hydrogen-bond acceptors (Lipinski definition) is 6. The Hall–Kier alpha value is -1.60. The van der Waals surface area contributed by atoms with Crippen LogP contribution in [0.25, 0.3) is 10.8 Å². The number of benzene rings is 2. The van der Waals surface area contributed by atoms with Crippen molar-refractivity contribution in [2.45, 2.75) is 31.0 Å². The van der Waals surface area contributed by atoms with Gasteiger partial charge in [-0.15, -0.1) is 0 Å². The Labute approximate surface area is 196 Å². The van der Waals surface area contributed by atoms with E-state index in [-0.39, 0.29) is 23.8 Å². The minimum Gasteiger partial charge on any atom is -0.373 e. The zero-order chi connectivity index (χ0) is 23.8. The molecule has 0 aliphatic carbocycles. The fraction of sp³-hybridized carbons (Fsp3) is 0.545. The molecule has 0 radical (unpaired) electrons. The van der Waals surface area contributed by atoms with E-state index in [0.29, 0.717) is 39.3 Å². The number of rotatable bonds is 6. The summed E-state index contributed by atoms with van der Waals surface area (Å²) in [5, 5.41) is 1.86. The minimum atomic E-state index is -3.66. The van der Waals surface area contributed by atoms with E-state index >= 15 is 0 Å². The zero-order valence-electron chi connectivity index (χ0n) is 19.3. The van der Waals surface area contributed by atoms with Gasteiger partial charge in [0.05, 0.1) is 23.8 Å². The van der Waals surface area contributed by atoms with Gasteiger partial charge in [-0.2, -0.15) is 21.3 Å². The molecule has 2 aromatic carbocycles. The van der Waals surface area contributed by atoms with Gasteiger partial charge in [-0.1, -0.05) is 30.3 Å². The largest absolute Gasteiger partial charge is 0.373 e. The van der Waals surface area contributed by atoms with E-state index in [9.17, 15) is 16.8 Å². The van der Waals surface area contributed by atoms with Crippen LogP contribution in [0.1, 0.15) is 13.8 Å². The number of nitrogens with zero attached hydrogens (tertiary/aromatic N) is 4. The smallest absolute Gasteiger partial charge is 0.282 e. The highest BCUT2D eigenvalue weighted by Gasteiger charge is 2.37. The van der Waals surface area contributed by atoms with Crippen molar-refractivity contribution in [1.29, 1.82) is 0 Å². The standard InChI is InChI=1S/C22H32N4O5S2/c1-18-15-26(16-19(2)31-18)33(29,30)25-12-10-24(11-13-25)17-23(3)32(27,28)22-9-8-20-6-4-5-7-21(20)14-22/h4-9,14,18-19H,10-13,15-17H2,1-3H3. The van der Waals surface area contributed by atoms with Crippen molar-refractivity contribution in [2.24, 2.45) is 0 Å². The summed E-state index contributed by atoms with van der Waals surface area (Å²) >= 11 is 0. The normalized spacial score (nSPS) is 24.5. The third-order valence-electron chi connectivity index (χ3n) is 6.20. The van der Waals surface area contributed by atoms with Crippen molar-refractivity contribution in [3.05, 3.63) is 42.5 Å². The van der Waals surface area contributed by atoms with Crippen molar-refractivity contribution >= 4 is 31.0 Å². The van der Waals surface area contributed by atoms with E-state index in [1.807, 2.05) is 49.1 Å². The molecule has 182 valence electrons. The topological polar surface area (TPSA) is 90.5 Å². The van der Waals surface area contributed by atoms with Gasteiger partial charge in [0, 0.05) is 46.3 Å². The molecule has 4 rings (SSSR count). The van der Waals surface area contributed by atoms with Crippen LogP contribution in [0.3, 0.4) is 0 Å². The van der Waals surface area contributed by atoms with Gasteiger partial charge >= 0.3 is 0 Å². The van der Waals surface area contributed by atoms with Crippen LogP contribution in [-0.4, -0.2) is 99.8 Å². The van der Waals surface area contributed by atoms with Gasteiger partial charge in [-0.05, 0) is 36.8 Å². The maximum absolute atomic E-state index is 13.1. The van der Waals surface area contributed by atoms with Gasteiger partial charge in [0.15, 0.2) is 0 Å².